The smallest absolute Gasteiger partial charge is 0.358 e. The third-order valence-corrected chi connectivity index (χ3v) is 6.77. The first kappa shape index (κ1) is 27.8. The van der Waals surface area contributed by atoms with E-state index in [1.807, 2.05) is 0 Å². The first-order valence-electron chi connectivity index (χ1n) is 10.1. The van der Waals surface area contributed by atoms with Crippen LogP contribution in [0.5, 0.6) is 0 Å². The Morgan fingerprint density at radius 1 is 1.21 bits per heavy atom. The molecule has 2 aliphatic rings. The first-order valence-corrected chi connectivity index (χ1v) is 12.8. The van der Waals surface area contributed by atoms with Gasteiger partial charge < -0.3 is 24.3 Å². The van der Waals surface area contributed by atoms with Crippen LogP contribution in [0.15, 0.2) is 11.3 Å². The summed E-state index contributed by atoms with van der Waals surface area (Å²) in [6.45, 7) is 5.13. The van der Waals surface area contributed by atoms with Crippen LogP contribution in [0.1, 0.15) is 27.7 Å². The van der Waals surface area contributed by atoms with E-state index >= 15 is 0 Å². The van der Waals surface area contributed by atoms with Crippen LogP contribution in [-0.4, -0.2) is 88.2 Å². The Hall–Kier alpha value is -2.45. The molecule has 1 unspecified atom stereocenters. The van der Waals surface area contributed by atoms with Crippen molar-refractivity contribution in [2.75, 3.05) is 38.3 Å². The molecule has 34 heavy (non-hydrogen) atoms. The third-order valence-electron chi connectivity index (χ3n) is 4.73. The van der Waals surface area contributed by atoms with Gasteiger partial charge in [-0.15, -0.1) is 11.8 Å². The lowest BCUT2D eigenvalue weighted by Crippen LogP contribution is -2.81. The summed E-state index contributed by atoms with van der Waals surface area (Å²) in [5, 5.41) is 1.62. The molecule has 0 aromatic carbocycles. The van der Waals surface area contributed by atoms with Crippen molar-refractivity contribution in [2.24, 2.45) is 5.41 Å². The number of ether oxygens (including phenoxy) is 4. The predicted octanol–water partition coefficient (Wildman–Crippen LogP) is -0.354. The molecule has 2 rings (SSSR count). The van der Waals surface area contributed by atoms with E-state index in [1.165, 1.54) is 32.1 Å². The molecule has 0 radical (unpaired) electrons. The average Bonchev–Trinajstić information content (AvgIpc) is 2.73. The number of esters is 3. The third kappa shape index (κ3) is 5.96. The van der Waals surface area contributed by atoms with Gasteiger partial charge in [-0.3, -0.25) is 28.3 Å². The normalized spacial score (nSPS) is 22.8. The van der Waals surface area contributed by atoms with E-state index in [1.54, 1.807) is 20.8 Å². The molecule has 0 aromatic heterocycles. The van der Waals surface area contributed by atoms with E-state index in [9.17, 15) is 28.2 Å². The minimum absolute atomic E-state index is 0.147. The van der Waals surface area contributed by atoms with Crippen molar-refractivity contribution in [1.29, 1.82) is 0 Å². The predicted molar refractivity (Wildman–Crippen MR) is 120 cm³/mol. The Bertz CT molecular complexity index is 942. The molecule has 0 spiro atoms. The monoisotopic (exact) mass is 520 g/mol. The summed E-state index contributed by atoms with van der Waals surface area (Å²) in [4.78, 5) is 62.5. The maximum atomic E-state index is 13.1. The number of fused-ring (bicyclic) bond motifs is 1. The molecule has 12 nitrogen and oxygen atoms in total. The summed E-state index contributed by atoms with van der Waals surface area (Å²) >= 11 is 1.17. The number of hydrogen-bond donors (Lipinski definition) is 1. The van der Waals surface area contributed by atoms with Crippen LogP contribution >= 0.6 is 11.8 Å². The maximum Gasteiger partial charge on any atom is 0.358 e. The molecule has 2 aliphatic heterocycles. The standard InChI is InChI=1S/C20H28N2O10S2/c1-11(23)30-7-12-8-33-17-20(29-5,21-13(24)9-34(6)28)16(26)22(17)14(12)15(25)31-10-32-18(27)19(2,3)4/h17H,7-10H2,1-6H3,(H,21,24)/t17-,20+,34?/m1/s1. The van der Waals surface area contributed by atoms with Crippen LogP contribution in [-0.2, 0) is 53.7 Å². The highest BCUT2D eigenvalue weighted by molar-refractivity contribution is 8.00. The molecule has 0 saturated carbocycles. The van der Waals surface area contributed by atoms with Gasteiger partial charge in [-0.25, -0.2) is 4.79 Å². The second-order valence-electron chi connectivity index (χ2n) is 8.51. The Morgan fingerprint density at radius 2 is 1.85 bits per heavy atom. The number of rotatable bonds is 9. The summed E-state index contributed by atoms with van der Waals surface area (Å²) in [5.41, 5.74) is -2.49. The minimum atomic E-state index is -1.78. The van der Waals surface area contributed by atoms with Crippen molar-refractivity contribution in [2.45, 2.75) is 38.8 Å². The fourth-order valence-corrected chi connectivity index (χ4v) is 4.94. The topological polar surface area (TPSA) is 155 Å². The van der Waals surface area contributed by atoms with Gasteiger partial charge in [-0.1, -0.05) is 0 Å². The highest BCUT2D eigenvalue weighted by Gasteiger charge is 2.66. The van der Waals surface area contributed by atoms with Crippen molar-refractivity contribution in [1.82, 2.24) is 10.2 Å². The van der Waals surface area contributed by atoms with Crippen molar-refractivity contribution < 1.29 is 47.1 Å². The van der Waals surface area contributed by atoms with Crippen molar-refractivity contribution in [3.8, 4) is 0 Å². The van der Waals surface area contributed by atoms with Gasteiger partial charge in [0.1, 0.15) is 23.4 Å². The molecule has 1 fully saturated rings. The van der Waals surface area contributed by atoms with E-state index in [4.69, 9.17) is 18.9 Å². The summed E-state index contributed by atoms with van der Waals surface area (Å²) in [7, 11) is -0.222. The average molecular weight is 521 g/mol. The van der Waals surface area contributed by atoms with Gasteiger partial charge in [-0.05, 0) is 20.8 Å². The molecule has 190 valence electrons. The lowest BCUT2D eigenvalue weighted by atomic mass is 9.97. The Morgan fingerprint density at radius 3 is 2.38 bits per heavy atom. The highest BCUT2D eigenvalue weighted by Crippen LogP contribution is 2.46. The molecular weight excluding hydrogens is 492 g/mol. The number of amides is 2. The maximum absolute atomic E-state index is 13.1. The summed E-state index contributed by atoms with van der Waals surface area (Å²) in [6.07, 6.45) is 1.34. The molecule has 3 atom stereocenters. The van der Waals surface area contributed by atoms with Crippen LogP contribution < -0.4 is 5.32 Å². The van der Waals surface area contributed by atoms with Crippen molar-refractivity contribution in [3.63, 3.8) is 0 Å². The minimum Gasteiger partial charge on any atom is -0.461 e. The van der Waals surface area contributed by atoms with Crippen LogP contribution in [0.4, 0.5) is 0 Å². The second kappa shape index (κ2) is 10.9. The number of hydrogen-bond acceptors (Lipinski definition) is 11. The van der Waals surface area contributed by atoms with Gasteiger partial charge in [0.2, 0.25) is 12.7 Å². The van der Waals surface area contributed by atoms with E-state index in [0.717, 1.165) is 4.90 Å². The lowest BCUT2D eigenvalue weighted by Gasteiger charge is -2.55. The molecule has 0 aromatic rings. The number of carbonyl (C=O) groups is 5. The van der Waals surface area contributed by atoms with Crippen molar-refractivity contribution >= 4 is 52.3 Å². The van der Waals surface area contributed by atoms with Gasteiger partial charge in [0.25, 0.3) is 11.6 Å². The molecule has 1 N–H and O–H groups in total. The zero-order valence-corrected chi connectivity index (χ0v) is 21.4. The Labute approximate surface area is 203 Å². The molecule has 0 aliphatic carbocycles. The molecular formula is C20H28N2O10S2. The fraction of sp³-hybridized carbons (Fsp3) is 0.650. The number of nitrogens with one attached hydrogen (secondary N) is 1. The quantitative estimate of drug-likeness (QED) is 0.241. The number of thioether (sulfide) groups is 1. The number of nitrogens with zero attached hydrogens (tertiary/aromatic N) is 1. The fourth-order valence-electron chi connectivity index (χ4n) is 3.08. The largest absolute Gasteiger partial charge is 0.461 e. The van der Waals surface area contributed by atoms with Crippen LogP contribution in [0.2, 0.25) is 0 Å². The Balaban J connectivity index is 2.27. The summed E-state index contributed by atoms with van der Waals surface area (Å²) in [6, 6.07) is 0. The van der Waals surface area contributed by atoms with Gasteiger partial charge in [-0.2, -0.15) is 0 Å². The van der Waals surface area contributed by atoms with Gasteiger partial charge >= 0.3 is 17.9 Å². The number of β-lactam (4-membered cyclic amide) rings is 1. The zero-order chi connectivity index (χ0) is 25.8. The van der Waals surface area contributed by atoms with Crippen LogP contribution in [0, 0.1) is 5.41 Å². The molecule has 1 saturated heterocycles. The summed E-state index contributed by atoms with van der Waals surface area (Å²) in [5.74, 6) is -3.78. The second-order valence-corrected chi connectivity index (χ2v) is 11.0. The highest BCUT2D eigenvalue weighted by atomic mass is 32.2. The van der Waals surface area contributed by atoms with Gasteiger partial charge in [0.05, 0.1) is 5.41 Å². The summed E-state index contributed by atoms with van der Waals surface area (Å²) < 4.78 is 31.8. The zero-order valence-electron chi connectivity index (χ0n) is 19.8. The van der Waals surface area contributed by atoms with Gasteiger partial charge in [0, 0.05) is 42.4 Å². The molecule has 2 amide bonds. The van der Waals surface area contributed by atoms with E-state index in [0.29, 0.717) is 5.57 Å². The van der Waals surface area contributed by atoms with E-state index in [-0.39, 0.29) is 23.8 Å². The lowest BCUT2D eigenvalue weighted by molar-refractivity contribution is -0.194. The van der Waals surface area contributed by atoms with Crippen LogP contribution in [0.25, 0.3) is 0 Å². The first-order chi connectivity index (χ1) is 15.7. The van der Waals surface area contributed by atoms with E-state index in [2.05, 4.69) is 5.32 Å². The van der Waals surface area contributed by atoms with Crippen LogP contribution in [0.3, 0.4) is 0 Å². The number of carbonyl (C=O) groups excluding carboxylic acids is 5. The molecule has 14 heteroatoms. The molecule has 2 heterocycles. The van der Waals surface area contributed by atoms with Crippen molar-refractivity contribution in [3.05, 3.63) is 11.3 Å². The van der Waals surface area contributed by atoms with E-state index < -0.39 is 63.8 Å². The molecule has 0 bridgehead atoms. The number of methoxy groups -OCH3 is 1. The Kier molecular flexibility index (Phi) is 8.88. The van der Waals surface area contributed by atoms with Gasteiger partial charge in [0.15, 0.2) is 0 Å². The SMILES string of the molecule is CO[C@@]1(NC(=O)CS(C)=O)C(=O)N2C(C(=O)OCOC(=O)C(C)(C)C)=C(COC(C)=O)CS[C@@H]21.